The predicted octanol–water partition coefficient (Wildman–Crippen LogP) is 2.33. The van der Waals surface area contributed by atoms with Gasteiger partial charge in [0.1, 0.15) is 0 Å². The number of rotatable bonds is 6. The molecule has 0 radical (unpaired) electrons. The first-order valence-corrected chi connectivity index (χ1v) is 6.56. The van der Waals surface area contributed by atoms with Crippen molar-refractivity contribution in [3.8, 4) is 0 Å². The Hall–Kier alpha value is -2.17. The zero-order valence-corrected chi connectivity index (χ0v) is 11.4. The predicted molar refractivity (Wildman–Crippen MR) is 77.2 cm³/mol. The molecule has 0 unspecified atom stereocenters. The highest BCUT2D eigenvalue weighted by Gasteiger charge is 2.05. The second-order valence-corrected chi connectivity index (χ2v) is 4.15. The van der Waals surface area contributed by atoms with E-state index in [1.807, 2.05) is 18.2 Å². The molecular formula is C14H19N5. The first-order chi connectivity index (χ1) is 9.33. The van der Waals surface area contributed by atoms with Crippen LogP contribution in [-0.2, 0) is 6.54 Å². The fourth-order valence-corrected chi connectivity index (χ4v) is 1.85. The number of nitrogens with one attached hydrogen (secondary N) is 1. The van der Waals surface area contributed by atoms with E-state index in [4.69, 9.17) is 0 Å². The third-order valence-electron chi connectivity index (χ3n) is 2.93. The molecule has 2 rings (SSSR count). The first kappa shape index (κ1) is 13.3. The molecule has 0 saturated heterocycles. The third kappa shape index (κ3) is 3.64. The summed E-state index contributed by atoms with van der Waals surface area (Å²) in [6.45, 7) is 6.72. The minimum absolute atomic E-state index is 0.563. The SMILES string of the molecule is CCN(CC)c1cnnc(NCc2ccccc2)n1. The topological polar surface area (TPSA) is 53.9 Å². The Morgan fingerprint density at radius 3 is 2.53 bits per heavy atom. The molecule has 1 aromatic carbocycles. The Morgan fingerprint density at radius 1 is 1.11 bits per heavy atom. The average Bonchev–Trinajstić information content (AvgIpc) is 2.48. The van der Waals surface area contributed by atoms with Gasteiger partial charge >= 0.3 is 0 Å². The van der Waals surface area contributed by atoms with Crippen molar-refractivity contribution in [2.45, 2.75) is 20.4 Å². The van der Waals surface area contributed by atoms with Gasteiger partial charge in [-0.1, -0.05) is 30.3 Å². The quantitative estimate of drug-likeness (QED) is 0.860. The van der Waals surface area contributed by atoms with Gasteiger partial charge in [-0.15, -0.1) is 5.10 Å². The lowest BCUT2D eigenvalue weighted by Gasteiger charge is -2.19. The van der Waals surface area contributed by atoms with Crippen LogP contribution >= 0.6 is 0 Å². The van der Waals surface area contributed by atoms with Crippen LogP contribution in [0.3, 0.4) is 0 Å². The van der Waals surface area contributed by atoms with Crippen molar-refractivity contribution in [2.24, 2.45) is 0 Å². The summed E-state index contributed by atoms with van der Waals surface area (Å²) in [6.07, 6.45) is 1.70. The van der Waals surface area contributed by atoms with Crippen molar-refractivity contribution < 1.29 is 0 Å². The summed E-state index contributed by atoms with van der Waals surface area (Å²) in [7, 11) is 0. The molecule has 0 saturated carbocycles. The van der Waals surface area contributed by atoms with Crippen LogP contribution in [0.25, 0.3) is 0 Å². The van der Waals surface area contributed by atoms with E-state index < -0.39 is 0 Å². The molecule has 5 heteroatoms. The molecule has 0 bridgehead atoms. The van der Waals surface area contributed by atoms with E-state index in [1.165, 1.54) is 5.56 Å². The molecule has 0 aliphatic rings. The molecule has 0 spiro atoms. The fourth-order valence-electron chi connectivity index (χ4n) is 1.85. The summed E-state index contributed by atoms with van der Waals surface area (Å²) in [4.78, 5) is 6.61. The van der Waals surface area contributed by atoms with Crippen LogP contribution in [-0.4, -0.2) is 28.3 Å². The van der Waals surface area contributed by atoms with Crippen LogP contribution < -0.4 is 10.2 Å². The Balaban J connectivity index is 2.03. The normalized spacial score (nSPS) is 10.2. The highest BCUT2D eigenvalue weighted by Crippen LogP contribution is 2.10. The van der Waals surface area contributed by atoms with Crippen molar-refractivity contribution >= 4 is 11.8 Å². The molecule has 1 aromatic heterocycles. The van der Waals surface area contributed by atoms with E-state index in [1.54, 1.807) is 6.20 Å². The van der Waals surface area contributed by atoms with Crippen LogP contribution in [0.4, 0.5) is 11.8 Å². The monoisotopic (exact) mass is 257 g/mol. The number of aromatic nitrogens is 3. The van der Waals surface area contributed by atoms with Gasteiger partial charge in [0.15, 0.2) is 5.82 Å². The molecule has 19 heavy (non-hydrogen) atoms. The molecule has 0 amide bonds. The summed E-state index contributed by atoms with van der Waals surface area (Å²) in [5, 5.41) is 11.2. The van der Waals surface area contributed by atoms with Crippen molar-refractivity contribution in [1.29, 1.82) is 0 Å². The summed E-state index contributed by atoms with van der Waals surface area (Å²) < 4.78 is 0. The van der Waals surface area contributed by atoms with Gasteiger partial charge in [-0.2, -0.15) is 10.1 Å². The Kier molecular flexibility index (Phi) is 4.66. The molecule has 0 fully saturated rings. The molecule has 1 N–H and O–H groups in total. The van der Waals surface area contributed by atoms with Gasteiger partial charge in [0, 0.05) is 19.6 Å². The number of hydrogen-bond acceptors (Lipinski definition) is 5. The summed E-state index contributed by atoms with van der Waals surface area (Å²) in [6, 6.07) is 10.2. The Morgan fingerprint density at radius 2 is 1.84 bits per heavy atom. The van der Waals surface area contributed by atoms with Crippen molar-refractivity contribution in [1.82, 2.24) is 15.2 Å². The Labute approximate surface area is 113 Å². The van der Waals surface area contributed by atoms with Crippen LogP contribution in [0.2, 0.25) is 0 Å². The molecule has 1 heterocycles. The summed E-state index contributed by atoms with van der Waals surface area (Å²) in [5.74, 6) is 1.42. The van der Waals surface area contributed by atoms with E-state index in [-0.39, 0.29) is 0 Å². The van der Waals surface area contributed by atoms with Crippen molar-refractivity contribution in [3.05, 3.63) is 42.1 Å². The highest BCUT2D eigenvalue weighted by atomic mass is 15.3. The van der Waals surface area contributed by atoms with Gasteiger partial charge in [0.05, 0.1) is 6.20 Å². The van der Waals surface area contributed by atoms with Gasteiger partial charge in [-0.05, 0) is 19.4 Å². The number of anilines is 2. The largest absolute Gasteiger partial charge is 0.356 e. The van der Waals surface area contributed by atoms with Gasteiger partial charge in [0.2, 0.25) is 5.95 Å². The Bertz CT molecular complexity index is 496. The van der Waals surface area contributed by atoms with Crippen LogP contribution in [0.5, 0.6) is 0 Å². The molecule has 5 nitrogen and oxygen atoms in total. The van der Waals surface area contributed by atoms with Gasteiger partial charge < -0.3 is 10.2 Å². The van der Waals surface area contributed by atoms with E-state index in [0.717, 1.165) is 18.9 Å². The smallest absolute Gasteiger partial charge is 0.244 e. The second kappa shape index (κ2) is 6.68. The standard InChI is InChI=1S/C14H19N5/c1-3-19(4-2)13-11-16-18-14(17-13)15-10-12-8-6-5-7-9-12/h5-9,11H,3-4,10H2,1-2H3,(H,15,17,18). The number of hydrogen-bond donors (Lipinski definition) is 1. The van der Waals surface area contributed by atoms with Gasteiger partial charge in [-0.25, -0.2) is 0 Å². The molecule has 0 aliphatic heterocycles. The van der Waals surface area contributed by atoms with E-state index in [0.29, 0.717) is 12.5 Å². The van der Waals surface area contributed by atoms with Crippen molar-refractivity contribution in [3.63, 3.8) is 0 Å². The van der Waals surface area contributed by atoms with E-state index in [2.05, 4.69) is 51.4 Å². The average molecular weight is 257 g/mol. The van der Waals surface area contributed by atoms with Crippen LogP contribution in [0.15, 0.2) is 36.5 Å². The maximum absolute atomic E-state index is 4.47. The minimum atomic E-state index is 0.563. The zero-order valence-electron chi connectivity index (χ0n) is 11.4. The van der Waals surface area contributed by atoms with Crippen LogP contribution in [0, 0.1) is 0 Å². The lowest BCUT2D eigenvalue weighted by atomic mass is 10.2. The molecule has 100 valence electrons. The molecule has 0 atom stereocenters. The maximum atomic E-state index is 4.47. The van der Waals surface area contributed by atoms with Gasteiger partial charge in [-0.3, -0.25) is 0 Å². The maximum Gasteiger partial charge on any atom is 0.244 e. The molecular weight excluding hydrogens is 238 g/mol. The summed E-state index contributed by atoms with van der Waals surface area (Å²) >= 11 is 0. The fraction of sp³-hybridized carbons (Fsp3) is 0.357. The van der Waals surface area contributed by atoms with E-state index in [9.17, 15) is 0 Å². The number of nitrogens with zero attached hydrogens (tertiary/aromatic N) is 4. The minimum Gasteiger partial charge on any atom is -0.356 e. The second-order valence-electron chi connectivity index (χ2n) is 4.15. The van der Waals surface area contributed by atoms with Crippen LogP contribution in [0.1, 0.15) is 19.4 Å². The zero-order chi connectivity index (χ0) is 13.5. The highest BCUT2D eigenvalue weighted by molar-refractivity contribution is 5.40. The van der Waals surface area contributed by atoms with Gasteiger partial charge in [0.25, 0.3) is 0 Å². The summed E-state index contributed by atoms with van der Waals surface area (Å²) in [5.41, 5.74) is 1.19. The first-order valence-electron chi connectivity index (χ1n) is 6.56. The lowest BCUT2D eigenvalue weighted by molar-refractivity contribution is 0.822. The van der Waals surface area contributed by atoms with E-state index >= 15 is 0 Å². The molecule has 2 aromatic rings. The number of benzene rings is 1. The molecule has 0 aliphatic carbocycles. The lowest BCUT2D eigenvalue weighted by Crippen LogP contribution is -2.23. The van der Waals surface area contributed by atoms with Crippen molar-refractivity contribution in [2.75, 3.05) is 23.3 Å². The third-order valence-corrected chi connectivity index (χ3v) is 2.93.